The van der Waals surface area contributed by atoms with Gasteiger partial charge in [0.25, 0.3) is 0 Å². The first-order chi connectivity index (χ1) is 7.65. The summed E-state index contributed by atoms with van der Waals surface area (Å²) in [5.41, 5.74) is -0.118. The number of aliphatic hydroxyl groups is 1. The number of anilines is 1. The summed E-state index contributed by atoms with van der Waals surface area (Å²) in [5, 5.41) is 19.9. The van der Waals surface area contributed by atoms with E-state index in [0.717, 1.165) is 0 Å². The third-order valence-electron chi connectivity index (χ3n) is 1.49. The average Bonchev–Trinajstić information content (AvgIpc) is 2.26. The van der Waals surface area contributed by atoms with Crippen LogP contribution in [0.1, 0.15) is 10.5 Å². The molecule has 0 saturated heterocycles. The van der Waals surface area contributed by atoms with Gasteiger partial charge in [-0.2, -0.15) is 0 Å². The minimum atomic E-state index is -1.14. The van der Waals surface area contributed by atoms with E-state index in [9.17, 15) is 4.79 Å². The molecule has 0 amide bonds. The van der Waals surface area contributed by atoms with E-state index in [4.69, 9.17) is 10.2 Å². The van der Waals surface area contributed by atoms with Crippen LogP contribution in [0, 0.1) is 11.8 Å². The van der Waals surface area contributed by atoms with Crippen molar-refractivity contribution >= 4 is 27.8 Å². The summed E-state index contributed by atoms with van der Waals surface area (Å²) in [6.45, 7) is 0.0184. The summed E-state index contributed by atoms with van der Waals surface area (Å²) in [6.07, 6.45) is 1.35. The molecule has 1 heterocycles. The Kier molecular flexibility index (Phi) is 4.69. The van der Waals surface area contributed by atoms with Crippen molar-refractivity contribution in [2.24, 2.45) is 0 Å². The summed E-state index contributed by atoms with van der Waals surface area (Å²) in [4.78, 5) is 18.4. The Morgan fingerprint density at radius 1 is 1.56 bits per heavy atom. The molecule has 6 nitrogen and oxygen atoms in total. The van der Waals surface area contributed by atoms with Crippen molar-refractivity contribution in [3.05, 3.63) is 16.4 Å². The van der Waals surface area contributed by atoms with Crippen molar-refractivity contribution < 1.29 is 15.0 Å². The number of aromatic carboxylic acids is 1. The molecule has 16 heavy (non-hydrogen) atoms. The molecule has 1 rings (SSSR count). The fourth-order valence-electron chi connectivity index (χ4n) is 0.844. The van der Waals surface area contributed by atoms with Crippen molar-refractivity contribution in [3.63, 3.8) is 0 Å². The number of rotatable bonds is 3. The van der Waals surface area contributed by atoms with Crippen LogP contribution in [0.2, 0.25) is 0 Å². The molecular weight excluding hydrogens is 278 g/mol. The van der Waals surface area contributed by atoms with Gasteiger partial charge in [0.05, 0.1) is 11.0 Å². The predicted octanol–water partition coefficient (Wildman–Crippen LogP) is 0.345. The Balaban J connectivity index is 2.75. The average molecular weight is 286 g/mol. The van der Waals surface area contributed by atoms with Crippen LogP contribution in [-0.2, 0) is 0 Å². The van der Waals surface area contributed by atoms with Gasteiger partial charge in [-0.1, -0.05) is 11.8 Å². The van der Waals surface area contributed by atoms with Gasteiger partial charge in [-0.3, -0.25) is 0 Å². The first-order valence-corrected chi connectivity index (χ1v) is 5.00. The van der Waals surface area contributed by atoms with E-state index in [2.05, 4.69) is 43.1 Å². The van der Waals surface area contributed by atoms with Crippen molar-refractivity contribution in [2.45, 2.75) is 0 Å². The zero-order valence-corrected chi connectivity index (χ0v) is 9.65. The van der Waals surface area contributed by atoms with Crippen molar-refractivity contribution in [2.75, 3.05) is 18.5 Å². The van der Waals surface area contributed by atoms with Gasteiger partial charge in [-0.05, 0) is 15.9 Å². The molecule has 0 bridgehead atoms. The molecule has 1 aromatic heterocycles. The smallest absolute Gasteiger partial charge is 0.355 e. The number of aliphatic hydroxyl groups excluding tert-OH is 1. The third kappa shape index (κ3) is 3.49. The van der Waals surface area contributed by atoms with Gasteiger partial charge in [-0.15, -0.1) is 0 Å². The number of nitrogens with zero attached hydrogens (tertiary/aromatic N) is 2. The Morgan fingerprint density at radius 2 is 2.31 bits per heavy atom. The minimum Gasteiger partial charge on any atom is -0.476 e. The number of carbonyl (C=O) groups is 1. The Labute approximate surface area is 99.9 Å². The zero-order chi connectivity index (χ0) is 12.0. The van der Waals surface area contributed by atoms with Crippen molar-refractivity contribution in [1.82, 2.24) is 9.97 Å². The molecule has 0 aromatic carbocycles. The molecule has 0 saturated carbocycles. The standard InChI is InChI=1S/C9H8BrN3O3/c10-6-5-12-9(11-3-1-2-4-14)13-7(6)8(15)16/h5,14H,3-4H2,(H,15,16)(H,11,12,13). The summed E-state index contributed by atoms with van der Waals surface area (Å²) in [5.74, 6) is 4.06. The third-order valence-corrected chi connectivity index (χ3v) is 2.07. The number of aromatic nitrogens is 2. The van der Waals surface area contributed by atoms with Crippen LogP contribution in [0.4, 0.5) is 5.95 Å². The van der Waals surface area contributed by atoms with Gasteiger partial charge >= 0.3 is 5.97 Å². The Morgan fingerprint density at radius 3 is 2.94 bits per heavy atom. The maximum atomic E-state index is 10.7. The SMILES string of the molecule is O=C(O)c1nc(NCC#CCO)ncc1Br. The molecule has 0 radical (unpaired) electrons. The molecule has 84 valence electrons. The van der Waals surface area contributed by atoms with Gasteiger partial charge < -0.3 is 15.5 Å². The van der Waals surface area contributed by atoms with Crippen molar-refractivity contribution in [1.29, 1.82) is 0 Å². The van der Waals surface area contributed by atoms with E-state index in [1.807, 2.05) is 0 Å². The van der Waals surface area contributed by atoms with Crippen LogP contribution in [0.3, 0.4) is 0 Å². The second kappa shape index (κ2) is 6.05. The minimum absolute atomic E-state index is 0.118. The lowest BCUT2D eigenvalue weighted by atomic mass is 10.4. The topological polar surface area (TPSA) is 95.3 Å². The van der Waals surface area contributed by atoms with Crippen LogP contribution in [0.15, 0.2) is 10.7 Å². The normalized spacial score (nSPS) is 9.12. The summed E-state index contributed by atoms with van der Waals surface area (Å²) < 4.78 is 0.312. The summed E-state index contributed by atoms with van der Waals surface area (Å²) in [6, 6.07) is 0. The molecular formula is C9H8BrN3O3. The molecule has 0 atom stereocenters. The summed E-state index contributed by atoms with van der Waals surface area (Å²) in [7, 11) is 0. The maximum Gasteiger partial charge on any atom is 0.355 e. The summed E-state index contributed by atoms with van der Waals surface area (Å²) >= 11 is 3.03. The van der Waals surface area contributed by atoms with Crippen LogP contribution < -0.4 is 5.32 Å². The van der Waals surface area contributed by atoms with Gasteiger partial charge in [0.1, 0.15) is 6.61 Å². The number of nitrogens with one attached hydrogen (secondary N) is 1. The second-order valence-corrected chi connectivity index (χ2v) is 3.41. The predicted molar refractivity (Wildman–Crippen MR) is 60.0 cm³/mol. The molecule has 1 aromatic rings. The Hall–Kier alpha value is -1.65. The largest absolute Gasteiger partial charge is 0.476 e. The first kappa shape index (κ1) is 12.4. The monoisotopic (exact) mass is 285 g/mol. The van der Waals surface area contributed by atoms with Gasteiger partial charge in [-0.25, -0.2) is 14.8 Å². The maximum absolute atomic E-state index is 10.7. The second-order valence-electron chi connectivity index (χ2n) is 2.56. The number of hydrogen-bond donors (Lipinski definition) is 3. The van der Waals surface area contributed by atoms with Gasteiger partial charge in [0, 0.05) is 6.20 Å². The van der Waals surface area contributed by atoms with E-state index >= 15 is 0 Å². The molecule has 0 aliphatic rings. The molecule has 7 heteroatoms. The highest BCUT2D eigenvalue weighted by Crippen LogP contribution is 2.14. The fraction of sp³-hybridized carbons (Fsp3) is 0.222. The highest BCUT2D eigenvalue weighted by atomic mass is 79.9. The van der Waals surface area contributed by atoms with Crippen LogP contribution in [-0.4, -0.2) is 39.3 Å². The fourth-order valence-corrected chi connectivity index (χ4v) is 1.20. The number of carboxylic acid groups (broad SMARTS) is 1. The van der Waals surface area contributed by atoms with Crippen LogP contribution in [0.5, 0.6) is 0 Å². The lowest BCUT2D eigenvalue weighted by Gasteiger charge is -2.02. The van der Waals surface area contributed by atoms with E-state index in [0.29, 0.717) is 4.47 Å². The number of hydrogen-bond acceptors (Lipinski definition) is 5. The zero-order valence-electron chi connectivity index (χ0n) is 8.07. The van der Waals surface area contributed by atoms with Crippen molar-refractivity contribution in [3.8, 4) is 11.8 Å². The number of halogens is 1. The highest BCUT2D eigenvalue weighted by Gasteiger charge is 2.11. The highest BCUT2D eigenvalue weighted by molar-refractivity contribution is 9.10. The molecule has 0 fully saturated rings. The lowest BCUT2D eigenvalue weighted by molar-refractivity contribution is 0.0689. The van der Waals surface area contributed by atoms with E-state index < -0.39 is 5.97 Å². The molecule has 0 unspecified atom stereocenters. The van der Waals surface area contributed by atoms with E-state index in [1.54, 1.807) is 0 Å². The van der Waals surface area contributed by atoms with E-state index in [1.165, 1.54) is 6.20 Å². The molecule has 0 aliphatic carbocycles. The van der Waals surface area contributed by atoms with Gasteiger partial charge in [0.2, 0.25) is 5.95 Å². The van der Waals surface area contributed by atoms with Gasteiger partial charge in [0.15, 0.2) is 5.69 Å². The molecule has 0 aliphatic heterocycles. The molecule has 3 N–H and O–H groups in total. The quantitative estimate of drug-likeness (QED) is 0.694. The Bertz CT molecular complexity index is 453. The van der Waals surface area contributed by atoms with E-state index in [-0.39, 0.29) is 24.8 Å². The lowest BCUT2D eigenvalue weighted by Crippen LogP contribution is -2.09. The molecule has 0 spiro atoms. The first-order valence-electron chi connectivity index (χ1n) is 4.21. The number of carboxylic acids is 1. The van der Waals surface area contributed by atoms with Crippen LogP contribution in [0.25, 0.3) is 0 Å². The van der Waals surface area contributed by atoms with Crippen LogP contribution >= 0.6 is 15.9 Å².